The number of likely N-dealkylation sites (tertiary alicyclic amines) is 1. The van der Waals surface area contributed by atoms with Crippen molar-refractivity contribution in [1.82, 2.24) is 4.90 Å². The van der Waals surface area contributed by atoms with Crippen LogP contribution in [0.5, 0.6) is 0 Å². The van der Waals surface area contributed by atoms with E-state index in [1.807, 2.05) is 18.2 Å². The number of halogens is 2. The van der Waals surface area contributed by atoms with Crippen LogP contribution < -0.4 is 0 Å². The fraction of sp³-hybridized carbons (Fsp3) is 0.619. The zero-order valence-electron chi connectivity index (χ0n) is 16.1. The van der Waals surface area contributed by atoms with Gasteiger partial charge in [-0.05, 0) is 44.1 Å². The summed E-state index contributed by atoms with van der Waals surface area (Å²) in [6.45, 7) is 0.841. The molecule has 0 spiro atoms. The van der Waals surface area contributed by atoms with Gasteiger partial charge in [0, 0.05) is 12.5 Å². The zero-order valence-corrected chi connectivity index (χ0v) is 16.1. The minimum atomic E-state index is -2.73. The monoisotopic (exact) mass is 395 g/mol. The van der Waals surface area contributed by atoms with Gasteiger partial charge in [0.15, 0.2) is 12.4 Å². The molecule has 1 amide bonds. The largest absolute Gasteiger partial charge is 0.443 e. The van der Waals surface area contributed by atoms with Crippen molar-refractivity contribution in [1.29, 1.82) is 0 Å². The molecule has 1 unspecified atom stereocenters. The summed E-state index contributed by atoms with van der Waals surface area (Å²) in [5, 5.41) is 0. The van der Waals surface area contributed by atoms with Gasteiger partial charge in [-0.2, -0.15) is 0 Å². The fourth-order valence-corrected chi connectivity index (χ4v) is 4.19. The number of carbonyl (C=O) groups excluding carboxylic acids is 2. The lowest BCUT2D eigenvalue weighted by Gasteiger charge is -2.31. The Morgan fingerprint density at radius 2 is 1.86 bits per heavy atom. The standard InChI is InChI=1S/C21H27F2NO4/c1-14-11-19(25)18(24(14)21(26)28-13-20(22)23)12-27-17-9-7-16(8-10-17)15-5-3-2-4-6-15/h2-6,14,16-18,20H,7-13H2,1H3/t14-,16?,17?,18?/m1/s1. The van der Waals surface area contributed by atoms with E-state index >= 15 is 0 Å². The van der Waals surface area contributed by atoms with E-state index < -0.39 is 25.2 Å². The van der Waals surface area contributed by atoms with Crippen molar-refractivity contribution < 1.29 is 27.8 Å². The lowest BCUT2D eigenvalue weighted by molar-refractivity contribution is -0.122. The minimum absolute atomic E-state index is 0.0441. The summed E-state index contributed by atoms with van der Waals surface area (Å²) in [4.78, 5) is 25.6. The Morgan fingerprint density at radius 1 is 1.18 bits per heavy atom. The predicted molar refractivity (Wildman–Crippen MR) is 99.5 cm³/mol. The Bertz CT molecular complexity index is 662. The van der Waals surface area contributed by atoms with Gasteiger partial charge in [-0.1, -0.05) is 30.3 Å². The summed E-state index contributed by atoms with van der Waals surface area (Å²) < 4.78 is 35.2. The van der Waals surface area contributed by atoms with E-state index in [4.69, 9.17) is 4.74 Å². The van der Waals surface area contributed by atoms with E-state index in [1.54, 1.807) is 6.92 Å². The molecule has 7 heteroatoms. The Labute approximate surface area is 164 Å². The van der Waals surface area contributed by atoms with Gasteiger partial charge in [-0.15, -0.1) is 0 Å². The van der Waals surface area contributed by atoms with Crippen LogP contribution in [0.3, 0.4) is 0 Å². The van der Waals surface area contributed by atoms with Crippen LogP contribution in [-0.2, 0) is 14.3 Å². The van der Waals surface area contributed by atoms with Crippen molar-refractivity contribution in [2.24, 2.45) is 0 Å². The molecule has 1 saturated carbocycles. The van der Waals surface area contributed by atoms with Gasteiger partial charge >= 0.3 is 6.09 Å². The Balaban J connectivity index is 1.50. The molecule has 2 fully saturated rings. The van der Waals surface area contributed by atoms with Crippen molar-refractivity contribution >= 4 is 11.9 Å². The van der Waals surface area contributed by atoms with Crippen LogP contribution in [-0.4, -0.2) is 54.6 Å². The third-order valence-corrected chi connectivity index (χ3v) is 5.66. The second kappa shape index (κ2) is 9.45. The van der Waals surface area contributed by atoms with Crippen LogP contribution in [0.25, 0.3) is 0 Å². The number of alkyl halides is 2. The molecule has 2 atom stereocenters. The van der Waals surface area contributed by atoms with Gasteiger partial charge in [0.05, 0.1) is 12.7 Å². The Morgan fingerprint density at radius 3 is 2.50 bits per heavy atom. The number of amides is 1. The maximum absolute atomic E-state index is 12.3. The number of hydrogen-bond acceptors (Lipinski definition) is 4. The van der Waals surface area contributed by atoms with Crippen molar-refractivity contribution in [3.05, 3.63) is 35.9 Å². The highest BCUT2D eigenvalue weighted by Gasteiger charge is 2.42. The summed E-state index contributed by atoms with van der Waals surface area (Å²) in [5.41, 5.74) is 1.34. The van der Waals surface area contributed by atoms with E-state index in [9.17, 15) is 18.4 Å². The highest BCUT2D eigenvalue weighted by molar-refractivity contribution is 5.91. The summed E-state index contributed by atoms with van der Waals surface area (Å²) in [7, 11) is 0. The number of ether oxygens (including phenoxy) is 2. The average Bonchev–Trinajstić information content (AvgIpc) is 2.98. The summed E-state index contributed by atoms with van der Waals surface area (Å²) in [6.07, 6.45) is 0.457. The lowest BCUT2D eigenvalue weighted by atomic mass is 9.83. The molecule has 1 aromatic rings. The van der Waals surface area contributed by atoms with E-state index in [0.717, 1.165) is 25.7 Å². The van der Waals surface area contributed by atoms with Crippen LogP contribution in [0.2, 0.25) is 0 Å². The molecule has 154 valence electrons. The van der Waals surface area contributed by atoms with Gasteiger partial charge in [0.2, 0.25) is 0 Å². The third-order valence-electron chi connectivity index (χ3n) is 5.66. The Kier molecular flexibility index (Phi) is 6.99. The fourth-order valence-electron chi connectivity index (χ4n) is 4.19. The Hall–Kier alpha value is -2.02. The van der Waals surface area contributed by atoms with Crippen LogP contribution >= 0.6 is 0 Å². The number of benzene rings is 1. The lowest BCUT2D eigenvalue weighted by Crippen LogP contribution is -2.45. The highest BCUT2D eigenvalue weighted by atomic mass is 19.3. The number of rotatable bonds is 6. The maximum atomic E-state index is 12.3. The molecule has 0 radical (unpaired) electrons. The smallest absolute Gasteiger partial charge is 0.410 e. The first-order valence-electron chi connectivity index (χ1n) is 9.88. The first kappa shape index (κ1) is 20.7. The zero-order chi connectivity index (χ0) is 20.1. The number of ketones is 1. The van der Waals surface area contributed by atoms with Gasteiger partial charge in [-0.3, -0.25) is 9.69 Å². The van der Waals surface area contributed by atoms with Crippen molar-refractivity contribution in [3.8, 4) is 0 Å². The molecule has 5 nitrogen and oxygen atoms in total. The number of Topliss-reactive ketones (excluding diaryl/α,β-unsaturated/α-hetero) is 1. The molecule has 1 heterocycles. The van der Waals surface area contributed by atoms with Crippen molar-refractivity contribution in [2.75, 3.05) is 13.2 Å². The van der Waals surface area contributed by atoms with Crippen LogP contribution in [0.4, 0.5) is 13.6 Å². The number of nitrogens with zero attached hydrogens (tertiary/aromatic N) is 1. The normalized spacial score (nSPS) is 28.0. The SMILES string of the molecule is C[C@@H]1CC(=O)C(COC2CCC(c3ccccc3)CC2)N1C(=O)OCC(F)F. The predicted octanol–water partition coefficient (Wildman–Crippen LogP) is 4.16. The van der Waals surface area contributed by atoms with E-state index in [0.29, 0.717) is 5.92 Å². The van der Waals surface area contributed by atoms with Crippen molar-refractivity contribution in [2.45, 2.75) is 69.6 Å². The molecule has 0 bridgehead atoms. The molecular formula is C21H27F2NO4. The van der Waals surface area contributed by atoms with E-state index in [-0.39, 0.29) is 31.0 Å². The van der Waals surface area contributed by atoms with Gasteiger partial charge in [0.25, 0.3) is 6.43 Å². The molecule has 0 N–H and O–H groups in total. The number of carbonyl (C=O) groups is 2. The first-order valence-corrected chi connectivity index (χ1v) is 9.88. The molecule has 1 aromatic carbocycles. The quantitative estimate of drug-likeness (QED) is 0.726. The van der Waals surface area contributed by atoms with Crippen LogP contribution in [0, 0.1) is 0 Å². The minimum Gasteiger partial charge on any atom is -0.443 e. The highest BCUT2D eigenvalue weighted by Crippen LogP contribution is 2.34. The van der Waals surface area contributed by atoms with Crippen molar-refractivity contribution in [3.63, 3.8) is 0 Å². The van der Waals surface area contributed by atoms with E-state index in [1.165, 1.54) is 10.5 Å². The molecule has 3 rings (SSSR count). The molecule has 1 aliphatic carbocycles. The van der Waals surface area contributed by atoms with Gasteiger partial charge in [-0.25, -0.2) is 13.6 Å². The molecular weight excluding hydrogens is 368 g/mol. The summed E-state index contributed by atoms with van der Waals surface area (Å²) in [5.74, 6) is 0.412. The van der Waals surface area contributed by atoms with Gasteiger partial charge < -0.3 is 9.47 Å². The van der Waals surface area contributed by atoms with E-state index in [2.05, 4.69) is 16.9 Å². The average molecular weight is 395 g/mol. The second-order valence-electron chi connectivity index (χ2n) is 7.63. The topological polar surface area (TPSA) is 55.8 Å². The second-order valence-corrected chi connectivity index (χ2v) is 7.63. The summed E-state index contributed by atoms with van der Waals surface area (Å²) in [6, 6.07) is 9.27. The van der Waals surface area contributed by atoms with Crippen LogP contribution in [0.15, 0.2) is 30.3 Å². The molecule has 1 aliphatic heterocycles. The molecule has 2 aliphatic rings. The number of hydrogen-bond donors (Lipinski definition) is 0. The molecule has 1 saturated heterocycles. The van der Waals surface area contributed by atoms with Crippen LogP contribution in [0.1, 0.15) is 50.5 Å². The maximum Gasteiger partial charge on any atom is 0.410 e. The summed E-state index contributed by atoms with van der Waals surface area (Å²) >= 11 is 0. The first-order chi connectivity index (χ1) is 13.5. The molecule has 28 heavy (non-hydrogen) atoms. The third kappa shape index (κ3) is 5.07. The molecule has 0 aromatic heterocycles. The van der Waals surface area contributed by atoms with Gasteiger partial charge in [0.1, 0.15) is 6.04 Å².